The van der Waals surface area contributed by atoms with Gasteiger partial charge in [-0.05, 0) is 60.7 Å². The molecule has 0 radical (unpaired) electrons. The van der Waals surface area contributed by atoms with Crippen molar-refractivity contribution in [2.75, 3.05) is 18.4 Å². The van der Waals surface area contributed by atoms with Gasteiger partial charge in [0.2, 0.25) is 5.91 Å². The predicted molar refractivity (Wildman–Crippen MR) is 124 cm³/mol. The third-order valence-corrected chi connectivity index (χ3v) is 5.82. The summed E-state index contributed by atoms with van der Waals surface area (Å²) >= 11 is 5.59. The van der Waals surface area contributed by atoms with Gasteiger partial charge in [-0.2, -0.15) is 0 Å². The lowest BCUT2D eigenvalue weighted by Crippen LogP contribution is -2.47. The lowest BCUT2D eigenvalue weighted by atomic mass is 10.0. The van der Waals surface area contributed by atoms with Gasteiger partial charge in [0.25, 0.3) is 0 Å². The fraction of sp³-hybridized carbons (Fsp3) is 0.417. The summed E-state index contributed by atoms with van der Waals surface area (Å²) in [6.45, 7) is 6.11. The molecule has 1 aliphatic heterocycles. The van der Waals surface area contributed by atoms with Crippen molar-refractivity contribution in [1.82, 2.24) is 10.2 Å². The van der Waals surface area contributed by atoms with Crippen molar-refractivity contribution in [2.24, 2.45) is 0 Å². The summed E-state index contributed by atoms with van der Waals surface area (Å²) in [5.41, 5.74) is 3.55. The lowest BCUT2D eigenvalue weighted by Gasteiger charge is -2.34. The number of piperidine rings is 1. The Bertz CT molecular complexity index is 797. The average molecular weight is 410 g/mol. The van der Waals surface area contributed by atoms with Crippen LogP contribution in [0, 0.1) is 0 Å². The molecule has 1 saturated heterocycles. The molecule has 0 spiro atoms. The highest BCUT2D eigenvalue weighted by atomic mass is 32.1. The van der Waals surface area contributed by atoms with Crippen LogP contribution < -0.4 is 10.6 Å². The Balaban J connectivity index is 1.39. The van der Waals surface area contributed by atoms with Crippen LogP contribution in [0.15, 0.2) is 54.6 Å². The molecule has 0 saturated carbocycles. The van der Waals surface area contributed by atoms with Crippen LogP contribution in [0.5, 0.6) is 0 Å². The maximum Gasteiger partial charge on any atom is 0.220 e. The molecule has 0 unspecified atom stereocenters. The predicted octanol–water partition coefficient (Wildman–Crippen LogP) is 4.72. The van der Waals surface area contributed by atoms with Gasteiger partial charge in [0, 0.05) is 31.2 Å². The van der Waals surface area contributed by atoms with Crippen LogP contribution >= 0.6 is 12.2 Å². The van der Waals surface area contributed by atoms with Crippen molar-refractivity contribution < 1.29 is 4.79 Å². The highest BCUT2D eigenvalue weighted by Gasteiger charge is 2.22. The molecule has 1 fully saturated rings. The summed E-state index contributed by atoms with van der Waals surface area (Å²) in [7, 11) is 0. The number of nitrogens with one attached hydrogen (secondary N) is 2. The first kappa shape index (κ1) is 21.3. The maximum absolute atomic E-state index is 12.3. The SMILES string of the molecule is CC(C)c1ccc(NC(=S)N2CCC(NC(=O)CCc3ccccc3)CC2)cc1. The largest absolute Gasteiger partial charge is 0.353 e. The fourth-order valence-corrected chi connectivity index (χ4v) is 3.88. The lowest BCUT2D eigenvalue weighted by molar-refractivity contribution is -0.122. The number of thiocarbonyl (C=S) groups is 1. The normalized spacial score (nSPS) is 14.7. The first-order chi connectivity index (χ1) is 14.0. The number of carbonyl (C=O) groups excluding carboxylic acids is 1. The zero-order valence-electron chi connectivity index (χ0n) is 17.4. The summed E-state index contributed by atoms with van der Waals surface area (Å²) in [6.07, 6.45) is 3.17. The molecule has 0 aliphatic carbocycles. The minimum Gasteiger partial charge on any atom is -0.353 e. The molecule has 1 amide bonds. The van der Waals surface area contributed by atoms with E-state index in [4.69, 9.17) is 12.2 Å². The molecule has 1 aliphatic rings. The molecule has 1 heterocycles. The third kappa shape index (κ3) is 6.57. The monoisotopic (exact) mass is 409 g/mol. The number of rotatable bonds is 6. The van der Waals surface area contributed by atoms with Gasteiger partial charge in [-0.1, -0.05) is 56.3 Å². The topological polar surface area (TPSA) is 44.4 Å². The average Bonchev–Trinajstić information content (AvgIpc) is 2.74. The van der Waals surface area contributed by atoms with E-state index in [2.05, 4.69) is 65.8 Å². The van der Waals surface area contributed by atoms with E-state index >= 15 is 0 Å². The molecule has 2 aromatic rings. The molecular weight excluding hydrogens is 378 g/mol. The Hall–Kier alpha value is -2.40. The van der Waals surface area contributed by atoms with Gasteiger partial charge in [-0.15, -0.1) is 0 Å². The Morgan fingerprint density at radius 3 is 2.34 bits per heavy atom. The zero-order valence-corrected chi connectivity index (χ0v) is 18.2. The van der Waals surface area contributed by atoms with Gasteiger partial charge in [0.05, 0.1) is 0 Å². The van der Waals surface area contributed by atoms with Crippen LogP contribution in [0.25, 0.3) is 0 Å². The van der Waals surface area contributed by atoms with E-state index in [1.807, 2.05) is 18.2 Å². The van der Waals surface area contributed by atoms with E-state index in [9.17, 15) is 4.79 Å². The highest BCUT2D eigenvalue weighted by molar-refractivity contribution is 7.80. The molecule has 5 heteroatoms. The Labute approximate surface area is 179 Å². The number of anilines is 1. The van der Waals surface area contributed by atoms with Crippen molar-refractivity contribution >= 4 is 28.9 Å². The number of benzene rings is 2. The summed E-state index contributed by atoms with van der Waals surface area (Å²) in [5, 5.41) is 7.29. The van der Waals surface area contributed by atoms with Crippen molar-refractivity contribution in [1.29, 1.82) is 0 Å². The van der Waals surface area contributed by atoms with Gasteiger partial charge in [0.1, 0.15) is 0 Å². The van der Waals surface area contributed by atoms with Crippen LogP contribution in [0.3, 0.4) is 0 Å². The zero-order chi connectivity index (χ0) is 20.6. The van der Waals surface area contributed by atoms with E-state index < -0.39 is 0 Å². The number of hydrogen-bond donors (Lipinski definition) is 2. The number of nitrogens with zero attached hydrogens (tertiary/aromatic N) is 1. The maximum atomic E-state index is 12.3. The van der Waals surface area contributed by atoms with E-state index in [-0.39, 0.29) is 11.9 Å². The minimum atomic E-state index is 0.137. The molecule has 2 aromatic carbocycles. The minimum absolute atomic E-state index is 0.137. The van der Waals surface area contributed by atoms with Crippen LogP contribution in [-0.4, -0.2) is 35.1 Å². The molecule has 4 nitrogen and oxygen atoms in total. The molecular formula is C24H31N3OS. The second kappa shape index (κ2) is 10.4. The van der Waals surface area contributed by atoms with E-state index in [1.165, 1.54) is 11.1 Å². The van der Waals surface area contributed by atoms with Crippen LogP contribution in [0.4, 0.5) is 5.69 Å². The molecule has 2 N–H and O–H groups in total. The third-order valence-electron chi connectivity index (χ3n) is 5.46. The van der Waals surface area contributed by atoms with Crippen molar-refractivity contribution in [3.05, 3.63) is 65.7 Å². The van der Waals surface area contributed by atoms with Gasteiger partial charge in [-0.3, -0.25) is 4.79 Å². The highest BCUT2D eigenvalue weighted by Crippen LogP contribution is 2.18. The molecule has 29 heavy (non-hydrogen) atoms. The van der Waals surface area contributed by atoms with Gasteiger partial charge >= 0.3 is 0 Å². The summed E-state index contributed by atoms with van der Waals surface area (Å²) < 4.78 is 0. The van der Waals surface area contributed by atoms with Crippen molar-refractivity contribution in [3.8, 4) is 0 Å². The molecule has 3 rings (SSSR count). The smallest absolute Gasteiger partial charge is 0.220 e. The summed E-state index contributed by atoms with van der Waals surface area (Å²) in [4.78, 5) is 14.4. The second-order valence-electron chi connectivity index (χ2n) is 8.02. The Kier molecular flexibility index (Phi) is 7.64. The molecule has 154 valence electrons. The molecule has 0 aromatic heterocycles. The van der Waals surface area contributed by atoms with E-state index in [0.717, 1.165) is 43.2 Å². The van der Waals surface area contributed by atoms with Gasteiger partial charge in [0.15, 0.2) is 5.11 Å². The fourth-order valence-electron chi connectivity index (χ4n) is 3.58. The Morgan fingerprint density at radius 2 is 1.72 bits per heavy atom. The Morgan fingerprint density at radius 1 is 1.07 bits per heavy atom. The number of carbonyl (C=O) groups is 1. The number of amides is 1. The first-order valence-electron chi connectivity index (χ1n) is 10.5. The quantitative estimate of drug-likeness (QED) is 0.678. The van der Waals surface area contributed by atoms with Crippen LogP contribution in [0.1, 0.15) is 50.2 Å². The summed E-state index contributed by atoms with van der Waals surface area (Å²) in [5.74, 6) is 0.663. The first-order valence-corrected chi connectivity index (χ1v) is 10.9. The number of likely N-dealkylation sites (tertiary alicyclic amines) is 1. The van der Waals surface area contributed by atoms with Crippen LogP contribution in [0.2, 0.25) is 0 Å². The molecule has 0 bridgehead atoms. The number of aryl methyl sites for hydroxylation is 1. The van der Waals surface area contributed by atoms with E-state index in [1.54, 1.807) is 0 Å². The van der Waals surface area contributed by atoms with Crippen molar-refractivity contribution in [3.63, 3.8) is 0 Å². The van der Waals surface area contributed by atoms with E-state index in [0.29, 0.717) is 12.3 Å². The van der Waals surface area contributed by atoms with Crippen molar-refractivity contribution in [2.45, 2.75) is 51.5 Å². The van der Waals surface area contributed by atoms with Gasteiger partial charge in [-0.25, -0.2) is 0 Å². The summed E-state index contributed by atoms with van der Waals surface area (Å²) in [6, 6.07) is 18.9. The molecule has 0 atom stereocenters. The number of hydrogen-bond acceptors (Lipinski definition) is 2. The van der Waals surface area contributed by atoms with Gasteiger partial charge < -0.3 is 15.5 Å². The standard InChI is InChI=1S/C24H31N3OS/c1-18(2)20-9-11-21(12-10-20)26-24(29)27-16-14-22(15-17-27)25-23(28)13-8-19-6-4-3-5-7-19/h3-7,9-12,18,22H,8,13-17H2,1-2H3,(H,25,28)(H,26,29). The second-order valence-corrected chi connectivity index (χ2v) is 8.41. The van der Waals surface area contributed by atoms with Crippen LogP contribution in [-0.2, 0) is 11.2 Å².